The minimum absolute atomic E-state index is 0.0659. The van der Waals surface area contributed by atoms with Crippen molar-refractivity contribution in [3.05, 3.63) is 45.7 Å². The Labute approximate surface area is 193 Å². The molecule has 1 aromatic heterocycles. The molecule has 0 saturated heterocycles. The van der Waals surface area contributed by atoms with Crippen molar-refractivity contribution in [2.24, 2.45) is 0 Å². The van der Waals surface area contributed by atoms with Gasteiger partial charge >= 0.3 is 5.97 Å². The van der Waals surface area contributed by atoms with E-state index in [0.29, 0.717) is 42.2 Å². The first-order chi connectivity index (χ1) is 15.7. The Morgan fingerprint density at radius 2 is 1.91 bits per heavy atom. The lowest BCUT2D eigenvalue weighted by Crippen LogP contribution is -2.33. The first-order valence-corrected chi connectivity index (χ1v) is 12.7. The number of nitrogens with zero attached hydrogens (tertiary/aromatic N) is 1. The molecule has 1 unspecified atom stereocenters. The molecule has 2 aromatic rings. The molecule has 33 heavy (non-hydrogen) atoms. The molecule has 178 valence electrons. The lowest BCUT2D eigenvalue weighted by atomic mass is 9.99. The molecule has 9 heteroatoms. The zero-order chi connectivity index (χ0) is 23.9. The van der Waals surface area contributed by atoms with Crippen molar-refractivity contribution in [2.45, 2.75) is 62.3 Å². The molecule has 0 radical (unpaired) electrons. The van der Waals surface area contributed by atoms with Crippen LogP contribution >= 0.6 is 0 Å². The van der Waals surface area contributed by atoms with E-state index in [9.17, 15) is 18.0 Å². The SMILES string of the molecule is COCCCOc1ccc2c(c1)S(=O)(=O)C(C)c1cc(C(=O)OC(C)C)c(=O)n(C3CC3)c1-2. The average molecular weight is 476 g/mol. The second-order valence-corrected chi connectivity index (χ2v) is 11.0. The highest BCUT2D eigenvalue weighted by Crippen LogP contribution is 2.48. The molecule has 1 aliphatic heterocycles. The van der Waals surface area contributed by atoms with E-state index in [-0.39, 0.29) is 16.5 Å². The Morgan fingerprint density at radius 3 is 2.55 bits per heavy atom. The number of carbonyl (C=O) groups excluding carboxylic acids is 1. The molecule has 0 spiro atoms. The number of rotatable bonds is 8. The maximum atomic E-state index is 13.5. The van der Waals surface area contributed by atoms with E-state index in [0.717, 1.165) is 12.8 Å². The molecule has 2 aliphatic rings. The largest absolute Gasteiger partial charge is 0.493 e. The van der Waals surface area contributed by atoms with Crippen molar-refractivity contribution >= 4 is 15.8 Å². The van der Waals surface area contributed by atoms with Gasteiger partial charge in [0, 0.05) is 31.7 Å². The minimum Gasteiger partial charge on any atom is -0.493 e. The number of ether oxygens (including phenoxy) is 3. The van der Waals surface area contributed by atoms with E-state index in [1.165, 1.54) is 12.1 Å². The van der Waals surface area contributed by atoms with Crippen LogP contribution in [-0.2, 0) is 19.3 Å². The second-order valence-electron chi connectivity index (χ2n) is 8.76. The van der Waals surface area contributed by atoms with Crippen LogP contribution < -0.4 is 10.3 Å². The Morgan fingerprint density at radius 1 is 1.18 bits per heavy atom. The zero-order valence-electron chi connectivity index (χ0n) is 19.3. The van der Waals surface area contributed by atoms with Gasteiger partial charge in [-0.3, -0.25) is 4.79 Å². The van der Waals surface area contributed by atoms with Crippen molar-refractivity contribution in [2.75, 3.05) is 20.3 Å². The molecule has 2 heterocycles. The lowest BCUT2D eigenvalue weighted by Gasteiger charge is -2.29. The average Bonchev–Trinajstić information content (AvgIpc) is 3.59. The van der Waals surface area contributed by atoms with Crippen molar-refractivity contribution in [3.63, 3.8) is 0 Å². The number of fused-ring (bicyclic) bond motifs is 3. The van der Waals surface area contributed by atoms with Crippen LogP contribution in [0.15, 0.2) is 34.0 Å². The molecule has 1 aromatic carbocycles. The van der Waals surface area contributed by atoms with Gasteiger partial charge in [-0.15, -0.1) is 0 Å². The summed E-state index contributed by atoms with van der Waals surface area (Å²) in [5.74, 6) is -0.288. The molecule has 1 aliphatic carbocycles. The number of carbonyl (C=O) groups is 1. The van der Waals surface area contributed by atoms with Gasteiger partial charge < -0.3 is 18.8 Å². The van der Waals surface area contributed by atoms with Gasteiger partial charge in [0.25, 0.3) is 5.56 Å². The molecule has 0 bridgehead atoms. The minimum atomic E-state index is -3.76. The van der Waals surface area contributed by atoms with Crippen LogP contribution in [0.1, 0.15) is 67.2 Å². The molecule has 0 N–H and O–H groups in total. The van der Waals surface area contributed by atoms with Gasteiger partial charge in [-0.2, -0.15) is 0 Å². The zero-order valence-corrected chi connectivity index (χ0v) is 20.1. The van der Waals surface area contributed by atoms with Crippen LogP contribution in [0.25, 0.3) is 11.3 Å². The summed E-state index contributed by atoms with van der Waals surface area (Å²) in [5.41, 5.74) is 0.891. The molecule has 4 rings (SSSR count). The third kappa shape index (κ3) is 4.31. The third-order valence-electron chi connectivity index (χ3n) is 5.92. The van der Waals surface area contributed by atoms with Gasteiger partial charge in [0.05, 0.1) is 28.6 Å². The fraction of sp³-hybridized carbons (Fsp3) is 0.500. The highest BCUT2D eigenvalue weighted by molar-refractivity contribution is 7.92. The summed E-state index contributed by atoms with van der Waals surface area (Å²) in [6, 6.07) is 6.27. The Balaban J connectivity index is 1.87. The van der Waals surface area contributed by atoms with Crippen LogP contribution in [-0.4, -0.2) is 45.4 Å². The molecular formula is C24H29NO7S. The van der Waals surface area contributed by atoms with Crippen LogP contribution in [0.4, 0.5) is 0 Å². The Kier molecular flexibility index (Phi) is 6.37. The third-order valence-corrected chi connectivity index (χ3v) is 8.05. The highest BCUT2D eigenvalue weighted by Gasteiger charge is 2.41. The summed E-state index contributed by atoms with van der Waals surface area (Å²) in [4.78, 5) is 26.2. The number of methoxy groups -OCH3 is 1. The number of pyridine rings is 1. The number of hydrogen-bond donors (Lipinski definition) is 0. The van der Waals surface area contributed by atoms with Gasteiger partial charge in [0.15, 0.2) is 9.84 Å². The van der Waals surface area contributed by atoms with Gasteiger partial charge in [-0.1, -0.05) is 0 Å². The van der Waals surface area contributed by atoms with E-state index in [2.05, 4.69) is 0 Å². The lowest BCUT2D eigenvalue weighted by molar-refractivity contribution is 0.0375. The van der Waals surface area contributed by atoms with Crippen LogP contribution in [0.2, 0.25) is 0 Å². The van der Waals surface area contributed by atoms with E-state index >= 15 is 0 Å². The van der Waals surface area contributed by atoms with Crippen molar-refractivity contribution in [3.8, 4) is 17.0 Å². The fourth-order valence-electron chi connectivity index (χ4n) is 4.13. The van der Waals surface area contributed by atoms with Crippen molar-refractivity contribution in [1.82, 2.24) is 4.57 Å². The summed E-state index contributed by atoms with van der Waals surface area (Å²) >= 11 is 0. The molecule has 1 atom stereocenters. The van der Waals surface area contributed by atoms with Gasteiger partial charge in [0.2, 0.25) is 0 Å². The van der Waals surface area contributed by atoms with Crippen LogP contribution in [0.5, 0.6) is 5.75 Å². The predicted molar refractivity (Wildman–Crippen MR) is 123 cm³/mol. The van der Waals surface area contributed by atoms with Gasteiger partial charge in [-0.05, 0) is 63.4 Å². The summed E-state index contributed by atoms with van der Waals surface area (Å²) in [6.07, 6.45) is 1.88. The van der Waals surface area contributed by atoms with E-state index in [1.54, 1.807) is 44.6 Å². The van der Waals surface area contributed by atoms with Gasteiger partial charge in [-0.25, -0.2) is 13.2 Å². The summed E-state index contributed by atoms with van der Waals surface area (Å²) < 4.78 is 44.5. The van der Waals surface area contributed by atoms with Crippen LogP contribution in [0, 0.1) is 0 Å². The van der Waals surface area contributed by atoms with Gasteiger partial charge in [0.1, 0.15) is 11.3 Å². The number of esters is 1. The number of sulfone groups is 1. The number of hydrogen-bond acceptors (Lipinski definition) is 7. The highest BCUT2D eigenvalue weighted by atomic mass is 32.2. The summed E-state index contributed by atoms with van der Waals surface area (Å²) in [6.45, 7) is 5.93. The predicted octanol–water partition coefficient (Wildman–Crippen LogP) is 3.68. The smallest absolute Gasteiger partial charge is 0.344 e. The van der Waals surface area contributed by atoms with E-state index in [1.807, 2.05) is 0 Å². The first-order valence-electron chi connectivity index (χ1n) is 11.2. The Bertz CT molecular complexity index is 1240. The van der Waals surface area contributed by atoms with Crippen molar-refractivity contribution in [1.29, 1.82) is 0 Å². The molecule has 8 nitrogen and oxygen atoms in total. The summed E-state index contributed by atoms with van der Waals surface area (Å²) in [5, 5.41) is -0.931. The summed E-state index contributed by atoms with van der Waals surface area (Å²) in [7, 11) is -2.16. The maximum Gasteiger partial charge on any atom is 0.344 e. The Hall–Kier alpha value is -2.65. The standard InChI is InChI=1S/C24H29NO7S/c1-14(2)32-24(27)20-13-19-15(3)33(28,29)21-12-17(31-11-5-10-30-4)8-9-18(21)22(19)25(23(20)26)16-6-7-16/h8-9,12-16H,5-7,10-11H2,1-4H3. The normalized spacial score (nSPS) is 18.5. The number of aromatic nitrogens is 1. The molecular weight excluding hydrogens is 446 g/mol. The first kappa shape index (κ1) is 23.5. The van der Waals surface area contributed by atoms with Crippen LogP contribution in [0.3, 0.4) is 0 Å². The number of benzene rings is 1. The topological polar surface area (TPSA) is 101 Å². The fourth-order valence-corrected chi connectivity index (χ4v) is 5.78. The molecule has 1 fully saturated rings. The second kappa shape index (κ2) is 8.95. The quantitative estimate of drug-likeness (QED) is 0.424. The van der Waals surface area contributed by atoms with E-state index in [4.69, 9.17) is 14.2 Å². The molecule has 0 amide bonds. The molecule has 1 saturated carbocycles. The van der Waals surface area contributed by atoms with E-state index < -0.39 is 32.7 Å². The maximum absolute atomic E-state index is 13.5. The van der Waals surface area contributed by atoms with Crippen molar-refractivity contribution < 1.29 is 27.4 Å². The monoisotopic (exact) mass is 475 g/mol.